The van der Waals surface area contributed by atoms with Gasteiger partial charge in [0, 0.05) is 48.1 Å². The third kappa shape index (κ3) is 4.56. The first-order chi connectivity index (χ1) is 18.4. The van der Waals surface area contributed by atoms with E-state index in [4.69, 9.17) is 4.98 Å². The molecule has 38 heavy (non-hydrogen) atoms. The van der Waals surface area contributed by atoms with Crippen LogP contribution >= 0.6 is 0 Å². The van der Waals surface area contributed by atoms with E-state index in [-0.39, 0.29) is 11.0 Å². The highest BCUT2D eigenvalue weighted by molar-refractivity contribution is 5.77. The standard InChI is InChI=1S/C29H30N8O/c1-29(2,3)25-14-23(9-12-32-25)37-26-24(27(38)36(37)18-19-5-4-10-30-15-19)17-33-28(35-26)34-22-7-6-20-8-11-31-16-21(20)13-22/h4-7,9-10,12-15,17,31H,8,11,16,18H2,1-3H3,(H,33,34,35). The van der Waals surface area contributed by atoms with Crippen molar-refractivity contribution < 1.29 is 0 Å². The average molecular weight is 507 g/mol. The lowest BCUT2D eigenvalue weighted by Crippen LogP contribution is -2.23. The monoisotopic (exact) mass is 506 g/mol. The molecule has 0 fully saturated rings. The molecule has 4 aromatic heterocycles. The minimum atomic E-state index is -0.163. The van der Waals surface area contributed by atoms with Gasteiger partial charge in [-0.15, -0.1) is 0 Å². The van der Waals surface area contributed by atoms with Crippen molar-refractivity contribution in [2.75, 3.05) is 11.9 Å². The number of pyridine rings is 2. The van der Waals surface area contributed by atoms with Crippen molar-refractivity contribution in [3.05, 3.63) is 100.0 Å². The van der Waals surface area contributed by atoms with Gasteiger partial charge in [-0.3, -0.25) is 14.8 Å². The smallest absolute Gasteiger partial charge is 0.278 e. The summed E-state index contributed by atoms with van der Waals surface area (Å²) in [6, 6.07) is 14.1. The molecule has 0 amide bonds. The van der Waals surface area contributed by atoms with Gasteiger partial charge < -0.3 is 10.6 Å². The van der Waals surface area contributed by atoms with E-state index in [1.165, 1.54) is 11.1 Å². The highest BCUT2D eigenvalue weighted by atomic mass is 16.1. The summed E-state index contributed by atoms with van der Waals surface area (Å²) in [7, 11) is 0. The van der Waals surface area contributed by atoms with Crippen molar-refractivity contribution in [3.8, 4) is 5.69 Å². The lowest BCUT2D eigenvalue weighted by atomic mass is 9.91. The lowest BCUT2D eigenvalue weighted by molar-refractivity contribution is 0.561. The molecule has 6 rings (SSSR count). The summed E-state index contributed by atoms with van der Waals surface area (Å²) in [5, 5.41) is 7.21. The summed E-state index contributed by atoms with van der Waals surface area (Å²) in [6.07, 6.45) is 7.90. The van der Waals surface area contributed by atoms with Crippen LogP contribution in [0.4, 0.5) is 11.6 Å². The molecule has 9 nitrogen and oxygen atoms in total. The number of fused-ring (bicyclic) bond motifs is 2. The Balaban J connectivity index is 1.48. The molecule has 1 aliphatic heterocycles. The van der Waals surface area contributed by atoms with Crippen LogP contribution < -0.4 is 16.2 Å². The second-order valence-electron chi connectivity index (χ2n) is 10.7. The zero-order valence-corrected chi connectivity index (χ0v) is 21.8. The highest BCUT2D eigenvalue weighted by Crippen LogP contribution is 2.25. The topological polar surface area (TPSA) is 103 Å². The molecule has 0 unspecified atom stereocenters. The maximum absolute atomic E-state index is 13.6. The molecule has 9 heteroatoms. The lowest BCUT2D eigenvalue weighted by Gasteiger charge is -2.20. The number of aromatic nitrogens is 6. The predicted molar refractivity (Wildman–Crippen MR) is 148 cm³/mol. The van der Waals surface area contributed by atoms with Gasteiger partial charge in [0.05, 0.1) is 12.2 Å². The molecule has 0 saturated heterocycles. The van der Waals surface area contributed by atoms with Crippen LogP contribution in [0.1, 0.15) is 43.2 Å². The molecule has 0 atom stereocenters. The van der Waals surface area contributed by atoms with Crippen molar-refractivity contribution in [2.45, 2.75) is 45.7 Å². The number of nitrogens with one attached hydrogen (secondary N) is 2. The molecule has 0 radical (unpaired) electrons. The Kier molecular flexibility index (Phi) is 6.00. The van der Waals surface area contributed by atoms with Crippen LogP contribution in [0.5, 0.6) is 0 Å². The molecule has 2 N–H and O–H groups in total. The van der Waals surface area contributed by atoms with Gasteiger partial charge in [0.1, 0.15) is 5.39 Å². The fourth-order valence-corrected chi connectivity index (χ4v) is 4.81. The van der Waals surface area contributed by atoms with Crippen LogP contribution in [-0.2, 0) is 24.9 Å². The van der Waals surface area contributed by atoms with Gasteiger partial charge in [0.15, 0.2) is 5.65 Å². The zero-order chi connectivity index (χ0) is 26.3. The van der Waals surface area contributed by atoms with Crippen molar-refractivity contribution in [2.24, 2.45) is 0 Å². The van der Waals surface area contributed by atoms with Crippen molar-refractivity contribution in [1.29, 1.82) is 0 Å². The third-order valence-corrected chi connectivity index (χ3v) is 6.84. The number of anilines is 2. The highest BCUT2D eigenvalue weighted by Gasteiger charge is 2.21. The van der Waals surface area contributed by atoms with E-state index < -0.39 is 0 Å². The number of rotatable bonds is 5. The van der Waals surface area contributed by atoms with Gasteiger partial charge in [-0.1, -0.05) is 32.9 Å². The quantitative estimate of drug-likeness (QED) is 0.370. The van der Waals surface area contributed by atoms with Gasteiger partial charge in [-0.2, -0.15) is 4.98 Å². The second-order valence-corrected chi connectivity index (χ2v) is 10.7. The van der Waals surface area contributed by atoms with E-state index in [9.17, 15) is 4.79 Å². The van der Waals surface area contributed by atoms with Crippen LogP contribution in [0.3, 0.4) is 0 Å². The van der Waals surface area contributed by atoms with Crippen LogP contribution in [0.25, 0.3) is 16.7 Å². The minimum absolute atomic E-state index is 0.156. The Bertz CT molecular complexity index is 1680. The van der Waals surface area contributed by atoms with E-state index in [2.05, 4.69) is 64.6 Å². The Hall–Kier alpha value is -4.37. The van der Waals surface area contributed by atoms with Crippen LogP contribution in [-0.4, -0.2) is 35.8 Å². The molecule has 0 saturated carbocycles. The fraction of sp³-hybridized carbons (Fsp3) is 0.276. The summed E-state index contributed by atoms with van der Waals surface area (Å²) in [5.41, 5.74) is 6.40. The summed E-state index contributed by atoms with van der Waals surface area (Å²) in [5.74, 6) is 0.429. The normalized spacial score (nSPS) is 13.4. The first kappa shape index (κ1) is 24.0. The fourth-order valence-electron chi connectivity index (χ4n) is 4.81. The molecule has 0 bridgehead atoms. The molecular weight excluding hydrogens is 476 g/mol. The minimum Gasteiger partial charge on any atom is -0.324 e. The number of benzene rings is 1. The average Bonchev–Trinajstić information content (AvgIpc) is 3.19. The van der Waals surface area contributed by atoms with Gasteiger partial charge >= 0.3 is 0 Å². The largest absolute Gasteiger partial charge is 0.324 e. The van der Waals surface area contributed by atoms with Gasteiger partial charge in [-0.05, 0) is 60.0 Å². The van der Waals surface area contributed by atoms with Crippen LogP contribution in [0, 0.1) is 0 Å². The molecular formula is C29H30N8O. The first-order valence-corrected chi connectivity index (χ1v) is 12.8. The number of nitrogens with zero attached hydrogens (tertiary/aromatic N) is 6. The molecule has 0 spiro atoms. The van der Waals surface area contributed by atoms with E-state index in [0.717, 1.165) is 42.1 Å². The molecule has 192 valence electrons. The van der Waals surface area contributed by atoms with E-state index in [0.29, 0.717) is 23.5 Å². The van der Waals surface area contributed by atoms with Crippen molar-refractivity contribution >= 4 is 22.7 Å². The van der Waals surface area contributed by atoms with Gasteiger partial charge in [-0.25, -0.2) is 14.3 Å². The van der Waals surface area contributed by atoms with Crippen LogP contribution in [0.15, 0.2) is 72.0 Å². The Morgan fingerprint density at radius 1 is 1.03 bits per heavy atom. The molecule has 0 aliphatic carbocycles. The summed E-state index contributed by atoms with van der Waals surface area (Å²) < 4.78 is 3.55. The van der Waals surface area contributed by atoms with Crippen molar-refractivity contribution in [1.82, 2.24) is 34.6 Å². The Morgan fingerprint density at radius 2 is 1.92 bits per heavy atom. The summed E-state index contributed by atoms with van der Waals surface area (Å²) in [4.78, 5) is 31.8. The molecule has 5 aromatic rings. The second kappa shape index (κ2) is 9.50. The maximum atomic E-state index is 13.6. The third-order valence-electron chi connectivity index (χ3n) is 6.84. The van der Waals surface area contributed by atoms with E-state index >= 15 is 0 Å². The molecule has 5 heterocycles. The SMILES string of the molecule is CC(C)(C)c1cc(-n2c3nc(Nc4ccc5c(c4)CNCC5)ncc3c(=O)n2Cc2cccnc2)ccn1. The van der Waals surface area contributed by atoms with Gasteiger partial charge in [0.2, 0.25) is 5.95 Å². The first-order valence-electron chi connectivity index (χ1n) is 12.8. The maximum Gasteiger partial charge on any atom is 0.278 e. The summed E-state index contributed by atoms with van der Waals surface area (Å²) >= 11 is 0. The zero-order valence-electron chi connectivity index (χ0n) is 21.8. The van der Waals surface area contributed by atoms with E-state index in [1.54, 1.807) is 29.5 Å². The van der Waals surface area contributed by atoms with Crippen LogP contribution in [0.2, 0.25) is 0 Å². The number of hydrogen-bond donors (Lipinski definition) is 2. The molecule has 1 aliphatic rings. The van der Waals surface area contributed by atoms with Crippen molar-refractivity contribution in [3.63, 3.8) is 0 Å². The summed E-state index contributed by atoms with van der Waals surface area (Å²) in [6.45, 7) is 8.55. The predicted octanol–water partition coefficient (Wildman–Crippen LogP) is 4.11. The number of hydrogen-bond acceptors (Lipinski definition) is 7. The Labute approximate surface area is 220 Å². The molecule has 1 aromatic carbocycles. The van der Waals surface area contributed by atoms with E-state index in [1.807, 2.05) is 28.9 Å². The van der Waals surface area contributed by atoms with Gasteiger partial charge in [0.25, 0.3) is 5.56 Å². The Morgan fingerprint density at radius 3 is 2.74 bits per heavy atom.